The molecule has 0 bridgehead atoms. The van der Waals surface area contributed by atoms with Crippen molar-refractivity contribution in [3.8, 4) is 28.5 Å². The van der Waals surface area contributed by atoms with Crippen LogP contribution in [-0.4, -0.2) is 46.9 Å². The van der Waals surface area contributed by atoms with E-state index in [0.29, 0.717) is 38.9 Å². The Bertz CT molecular complexity index is 1270. The van der Waals surface area contributed by atoms with Crippen molar-refractivity contribution < 1.29 is 19.0 Å². The fourth-order valence-electron chi connectivity index (χ4n) is 2.96. The molecule has 0 saturated heterocycles. The van der Waals surface area contributed by atoms with Crippen molar-refractivity contribution in [3.05, 3.63) is 59.9 Å². The van der Waals surface area contributed by atoms with Gasteiger partial charge in [-0.05, 0) is 24.3 Å². The maximum atomic E-state index is 12.2. The minimum Gasteiger partial charge on any atom is -0.493 e. The third kappa shape index (κ3) is 5.18. The second-order valence-corrected chi connectivity index (χ2v) is 7.11. The van der Waals surface area contributed by atoms with Crippen LogP contribution >= 0.6 is 11.6 Å². The summed E-state index contributed by atoms with van der Waals surface area (Å²) in [7, 11) is 3.09. The number of nitrogens with one attached hydrogen (secondary N) is 2. The molecule has 0 aliphatic heterocycles. The minimum atomic E-state index is -0.439. The van der Waals surface area contributed by atoms with Gasteiger partial charge in [0.2, 0.25) is 0 Å². The molecule has 0 aliphatic carbocycles. The molecule has 168 valence electrons. The molecule has 33 heavy (non-hydrogen) atoms. The summed E-state index contributed by atoms with van der Waals surface area (Å²) >= 11 is 5.89. The van der Waals surface area contributed by atoms with Gasteiger partial charge in [0, 0.05) is 28.2 Å². The van der Waals surface area contributed by atoms with Crippen LogP contribution in [0.2, 0.25) is 5.02 Å². The van der Waals surface area contributed by atoms with E-state index in [1.807, 2.05) is 12.1 Å². The quantitative estimate of drug-likeness (QED) is 0.377. The summed E-state index contributed by atoms with van der Waals surface area (Å²) in [6.07, 6.45) is 3.12. The lowest BCUT2D eigenvalue weighted by Crippen LogP contribution is -2.34. The van der Waals surface area contributed by atoms with Gasteiger partial charge in [0.15, 0.2) is 18.1 Å². The van der Waals surface area contributed by atoms with Gasteiger partial charge < -0.3 is 14.2 Å². The summed E-state index contributed by atoms with van der Waals surface area (Å²) < 4.78 is 16.3. The summed E-state index contributed by atoms with van der Waals surface area (Å²) in [6, 6.07) is 12.3. The van der Waals surface area contributed by atoms with E-state index in [9.17, 15) is 4.79 Å². The van der Waals surface area contributed by atoms with Crippen molar-refractivity contribution in [2.24, 2.45) is 0 Å². The van der Waals surface area contributed by atoms with Crippen molar-refractivity contribution >= 4 is 34.4 Å². The number of carbonyl (C=O) groups excluding carboxylic acids is 1. The van der Waals surface area contributed by atoms with E-state index in [0.717, 1.165) is 5.56 Å². The second kappa shape index (κ2) is 9.96. The van der Waals surface area contributed by atoms with Crippen LogP contribution in [0.25, 0.3) is 22.2 Å². The fourth-order valence-corrected chi connectivity index (χ4v) is 3.09. The number of nitrogens with zero attached hydrogens (tertiary/aromatic N) is 4. The highest BCUT2D eigenvalue weighted by Crippen LogP contribution is 2.35. The number of fused-ring (bicyclic) bond motifs is 1. The largest absolute Gasteiger partial charge is 0.493 e. The van der Waals surface area contributed by atoms with Gasteiger partial charge in [-0.1, -0.05) is 23.7 Å². The minimum absolute atomic E-state index is 0.132. The summed E-state index contributed by atoms with van der Waals surface area (Å²) in [5, 5.41) is 9.34. The lowest BCUT2D eigenvalue weighted by molar-refractivity contribution is -0.122. The van der Waals surface area contributed by atoms with E-state index >= 15 is 0 Å². The van der Waals surface area contributed by atoms with Gasteiger partial charge >= 0.3 is 0 Å². The van der Waals surface area contributed by atoms with Crippen molar-refractivity contribution in [2.45, 2.75) is 0 Å². The molecule has 0 radical (unpaired) electrons. The van der Waals surface area contributed by atoms with Crippen molar-refractivity contribution in [1.29, 1.82) is 0 Å². The standard InChI is InChI=1S/C22H19ClN6O4/c1-31-19-9-15-16(10-20(19)32-2)24-8-7-18(15)33-12-21(30)27-29-22-25-11-17(26-28-22)13-3-5-14(23)6-4-13/h3-11H,12H2,1-2H3,(H,27,30)(H,25,28,29). The van der Waals surface area contributed by atoms with E-state index < -0.39 is 5.91 Å². The Hall–Kier alpha value is -4.18. The number of anilines is 1. The Morgan fingerprint density at radius 3 is 2.42 bits per heavy atom. The lowest BCUT2D eigenvalue weighted by Gasteiger charge is -2.12. The number of hydrogen-bond acceptors (Lipinski definition) is 9. The van der Waals surface area contributed by atoms with Crippen LogP contribution in [0.3, 0.4) is 0 Å². The molecule has 0 spiro atoms. The number of hydrogen-bond donors (Lipinski definition) is 2. The first-order chi connectivity index (χ1) is 16.1. The zero-order valence-corrected chi connectivity index (χ0v) is 18.5. The summed E-state index contributed by atoms with van der Waals surface area (Å²) in [5.74, 6) is 1.24. The molecule has 2 N–H and O–H groups in total. The number of ether oxygens (including phenoxy) is 3. The molecule has 1 amide bonds. The molecule has 2 aromatic carbocycles. The van der Waals surface area contributed by atoms with Gasteiger partial charge in [0.25, 0.3) is 11.9 Å². The number of pyridine rings is 1. The Balaban J connectivity index is 1.36. The maximum absolute atomic E-state index is 12.2. The third-order valence-corrected chi connectivity index (χ3v) is 4.83. The molecule has 4 aromatic rings. The van der Waals surface area contributed by atoms with Gasteiger partial charge in [0.1, 0.15) is 11.4 Å². The van der Waals surface area contributed by atoms with E-state index in [-0.39, 0.29) is 12.6 Å². The Kier molecular flexibility index (Phi) is 6.65. The molecule has 0 unspecified atom stereocenters. The predicted molar refractivity (Wildman–Crippen MR) is 122 cm³/mol. The van der Waals surface area contributed by atoms with E-state index in [1.54, 1.807) is 50.7 Å². The summed E-state index contributed by atoms with van der Waals surface area (Å²) in [6.45, 7) is -0.253. The third-order valence-electron chi connectivity index (χ3n) is 4.58. The van der Waals surface area contributed by atoms with Gasteiger partial charge in [-0.15, -0.1) is 10.2 Å². The topological polar surface area (TPSA) is 120 Å². The van der Waals surface area contributed by atoms with Crippen molar-refractivity contribution in [1.82, 2.24) is 25.6 Å². The Morgan fingerprint density at radius 2 is 1.73 bits per heavy atom. The molecule has 4 rings (SSSR count). The number of benzene rings is 2. The van der Waals surface area contributed by atoms with Crippen LogP contribution in [0.4, 0.5) is 5.95 Å². The molecule has 0 atom stereocenters. The molecule has 2 aromatic heterocycles. The number of hydrazine groups is 1. The van der Waals surface area contributed by atoms with Crippen LogP contribution < -0.4 is 25.1 Å². The second-order valence-electron chi connectivity index (χ2n) is 6.67. The SMILES string of the molecule is COc1cc2nccc(OCC(=O)NNc3ncc(-c4ccc(Cl)cc4)nn3)c2cc1OC. The first kappa shape index (κ1) is 22.0. The van der Waals surface area contributed by atoms with Crippen molar-refractivity contribution in [3.63, 3.8) is 0 Å². The number of aromatic nitrogens is 4. The highest BCUT2D eigenvalue weighted by Gasteiger charge is 2.12. The molecule has 0 saturated carbocycles. The van der Waals surface area contributed by atoms with Gasteiger partial charge in [0.05, 0.1) is 25.9 Å². The first-order valence-corrected chi connectivity index (χ1v) is 10.1. The average molecular weight is 467 g/mol. The van der Waals surface area contributed by atoms with Crippen LogP contribution in [0.5, 0.6) is 17.2 Å². The van der Waals surface area contributed by atoms with E-state index in [1.165, 1.54) is 6.20 Å². The zero-order chi connectivity index (χ0) is 23.2. The average Bonchev–Trinajstić information content (AvgIpc) is 2.86. The van der Waals surface area contributed by atoms with Crippen LogP contribution in [0, 0.1) is 0 Å². The number of halogens is 1. The van der Waals surface area contributed by atoms with Gasteiger partial charge in [-0.3, -0.25) is 20.6 Å². The number of carbonyl (C=O) groups is 1. The molecule has 0 fully saturated rings. The number of amides is 1. The molecular weight excluding hydrogens is 448 g/mol. The van der Waals surface area contributed by atoms with Gasteiger partial charge in [-0.2, -0.15) is 0 Å². The highest BCUT2D eigenvalue weighted by molar-refractivity contribution is 6.30. The number of rotatable bonds is 8. The van der Waals surface area contributed by atoms with E-state index in [4.69, 9.17) is 25.8 Å². The first-order valence-electron chi connectivity index (χ1n) is 9.71. The molecule has 0 aliphatic rings. The Morgan fingerprint density at radius 1 is 0.970 bits per heavy atom. The van der Waals surface area contributed by atoms with Crippen molar-refractivity contribution in [2.75, 3.05) is 26.3 Å². The van der Waals surface area contributed by atoms with Gasteiger partial charge in [-0.25, -0.2) is 4.98 Å². The maximum Gasteiger partial charge on any atom is 0.276 e. The Labute approximate surface area is 193 Å². The fraction of sp³-hybridized carbons (Fsp3) is 0.136. The van der Waals surface area contributed by atoms with E-state index in [2.05, 4.69) is 31.0 Å². The molecule has 2 heterocycles. The van der Waals surface area contributed by atoms with Crippen LogP contribution in [-0.2, 0) is 4.79 Å². The summed E-state index contributed by atoms with van der Waals surface area (Å²) in [4.78, 5) is 20.7. The molecule has 10 nitrogen and oxygen atoms in total. The monoisotopic (exact) mass is 466 g/mol. The van der Waals surface area contributed by atoms with Crippen LogP contribution in [0.15, 0.2) is 54.9 Å². The smallest absolute Gasteiger partial charge is 0.276 e. The predicted octanol–water partition coefficient (Wildman–Crippen LogP) is 3.28. The van der Waals surface area contributed by atoms with Crippen LogP contribution in [0.1, 0.15) is 0 Å². The summed E-state index contributed by atoms with van der Waals surface area (Å²) in [5.41, 5.74) is 7.11. The number of methoxy groups -OCH3 is 2. The zero-order valence-electron chi connectivity index (χ0n) is 17.7. The lowest BCUT2D eigenvalue weighted by atomic mass is 10.2. The molecule has 11 heteroatoms. The molecular formula is C22H19ClN6O4. The highest BCUT2D eigenvalue weighted by atomic mass is 35.5. The normalized spacial score (nSPS) is 10.5.